The van der Waals surface area contributed by atoms with Crippen molar-refractivity contribution in [2.24, 2.45) is 0 Å². The lowest BCUT2D eigenvalue weighted by Crippen LogP contribution is -1.95. The van der Waals surface area contributed by atoms with Crippen molar-refractivity contribution in [3.63, 3.8) is 0 Å². The number of hydrogen-bond donors (Lipinski definition) is 0. The van der Waals surface area contributed by atoms with E-state index in [-0.39, 0.29) is 21.2 Å². The van der Waals surface area contributed by atoms with Gasteiger partial charge < -0.3 is 0 Å². The lowest BCUT2D eigenvalue weighted by atomic mass is 9.87. The van der Waals surface area contributed by atoms with Crippen LogP contribution in [0.1, 0.15) is 0 Å². The van der Waals surface area contributed by atoms with Crippen molar-refractivity contribution in [1.29, 1.82) is 0 Å². The second kappa shape index (κ2) is 9.31. The van der Waals surface area contributed by atoms with Crippen LogP contribution < -0.4 is 0 Å². The van der Waals surface area contributed by atoms with Gasteiger partial charge in [0, 0.05) is 21.1 Å². The first-order chi connectivity index (χ1) is 18.3. The first-order valence-corrected chi connectivity index (χ1v) is 13.2. The van der Waals surface area contributed by atoms with Crippen molar-refractivity contribution >= 4 is 75.6 Å². The van der Waals surface area contributed by atoms with E-state index in [0.717, 1.165) is 52.4 Å². The smallest absolute Gasteiger partial charge is 0.258 e. The normalized spacial score (nSPS) is 11.3. The zero-order valence-corrected chi connectivity index (χ0v) is 22.7. The molecule has 0 spiro atoms. The van der Waals surface area contributed by atoms with Gasteiger partial charge in [-0.3, -0.25) is 20.2 Å². The Balaban J connectivity index is 1.80. The Morgan fingerprint density at radius 1 is 0.447 bits per heavy atom. The highest BCUT2D eigenvalue weighted by atomic mass is 79.9. The van der Waals surface area contributed by atoms with E-state index in [0.29, 0.717) is 11.1 Å². The third kappa shape index (κ3) is 3.93. The van der Waals surface area contributed by atoms with Gasteiger partial charge in [-0.15, -0.1) is 0 Å². The molecular weight excluding hydrogens is 612 g/mol. The van der Waals surface area contributed by atoms with Crippen molar-refractivity contribution in [1.82, 2.24) is 0 Å². The summed E-state index contributed by atoms with van der Waals surface area (Å²) in [4.78, 5) is 23.2. The fourth-order valence-electron chi connectivity index (χ4n) is 5.16. The molecule has 6 rings (SSSR count). The van der Waals surface area contributed by atoms with Crippen LogP contribution >= 0.6 is 31.9 Å². The number of nitro benzene ring substituents is 2. The van der Waals surface area contributed by atoms with Crippen LogP contribution in [0.15, 0.2) is 106 Å². The molecule has 0 aliphatic heterocycles. The van der Waals surface area contributed by atoms with Gasteiger partial charge in [0.2, 0.25) is 0 Å². The van der Waals surface area contributed by atoms with Crippen LogP contribution in [-0.2, 0) is 0 Å². The number of hydrogen-bond acceptors (Lipinski definition) is 4. The van der Waals surface area contributed by atoms with E-state index in [1.165, 1.54) is 12.1 Å². The van der Waals surface area contributed by atoms with E-state index in [9.17, 15) is 20.2 Å². The van der Waals surface area contributed by atoms with Gasteiger partial charge in [0.1, 0.15) is 0 Å². The van der Waals surface area contributed by atoms with Gasteiger partial charge in [-0.1, -0.05) is 80.4 Å². The van der Waals surface area contributed by atoms with E-state index < -0.39 is 0 Å². The number of rotatable bonds is 4. The molecule has 0 unspecified atom stereocenters. The van der Waals surface area contributed by atoms with E-state index >= 15 is 0 Å². The standard InChI is InChI=1S/C30H16Br2N2O4/c31-17-9-11-29(33(35)36)27(13-17)25-16-24-20-6-2-4-8-22(20)26(15-23(24)19-5-1-3-7-21(19)25)28-14-18(32)10-12-30(28)34(37)38/h1-16H. The quantitative estimate of drug-likeness (QED) is 0.111. The van der Waals surface area contributed by atoms with Crippen LogP contribution in [0, 0.1) is 20.2 Å². The van der Waals surface area contributed by atoms with E-state index in [4.69, 9.17) is 0 Å². The Morgan fingerprint density at radius 3 is 1.18 bits per heavy atom. The third-order valence-corrected chi connectivity index (χ3v) is 7.76. The van der Waals surface area contributed by atoms with Gasteiger partial charge in [-0.05, 0) is 79.8 Å². The Bertz CT molecular complexity index is 1830. The van der Waals surface area contributed by atoms with Crippen LogP contribution in [0.2, 0.25) is 0 Å². The summed E-state index contributed by atoms with van der Waals surface area (Å²) in [5.74, 6) is 0. The van der Waals surface area contributed by atoms with Gasteiger partial charge in [0.25, 0.3) is 11.4 Å². The van der Waals surface area contributed by atoms with Gasteiger partial charge in [-0.25, -0.2) is 0 Å². The molecule has 0 radical (unpaired) electrons. The van der Waals surface area contributed by atoms with E-state index in [2.05, 4.69) is 31.9 Å². The molecule has 0 saturated carbocycles. The van der Waals surface area contributed by atoms with E-state index in [1.807, 2.05) is 60.7 Å². The van der Waals surface area contributed by atoms with Gasteiger partial charge in [-0.2, -0.15) is 0 Å². The van der Waals surface area contributed by atoms with Crippen molar-refractivity contribution in [3.05, 3.63) is 126 Å². The average molecular weight is 628 g/mol. The molecule has 6 nitrogen and oxygen atoms in total. The number of benzene rings is 6. The molecule has 0 N–H and O–H groups in total. The molecule has 0 aliphatic carbocycles. The summed E-state index contributed by atoms with van der Waals surface area (Å²) in [5, 5.41) is 29.3. The Hall–Kier alpha value is -4.14. The second-order valence-electron chi connectivity index (χ2n) is 8.87. The Morgan fingerprint density at radius 2 is 0.816 bits per heavy atom. The predicted octanol–water partition coefficient (Wildman–Crippen LogP) is 9.82. The van der Waals surface area contributed by atoms with Gasteiger partial charge in [0.05, 0.1) is 21.0 Å². The molecule has 0 bridgehead atoms. The molecule has 0 aliphatic rings. The number of nitro groups is 2. The minimum absolute atomic E-state index is 0.0170. The maximum absolute atomic E-state index is 12.0. The van der Waals surface area contributed by atoms with Crippen LogP contribution in [0.5, 0.6) is 0 Å². The molecule has 8 heteroatoms. The van der Waals surface area contributed by atoms with Crippen LogP contribution in [-0.4, -0.2) is 9.85 Å². The zero-order valence-electron chi connectivity index (χ0n) is 19.5. The monoisotopic (exact) mass is 626 g/mol. The molecule has 0 atom stereocenters. The summed E-state index contributed by atoms with van der Waals surface area (Å²) < 4.78 is 1.48. The maximum atomic E-state index is 12.0. The molecule has 6 aromatic carbocycles. The number of fused-ring (bicyclic) bond motifs is 5. The molecule has 0 amide bonds. The molecule has 0 heterocycles. The Kier molecular flexibility index (Phi) is 5.93. The van der Waals surface area contributed by atoms with Crippen LogP contribution in [0.25, 0.3) is 54.6 Å². The summed E-state index contributed by atoms with van der Waals surface area (Å²) >= 11 is 6.95. The SMILES string of the molecule is O=[N+]([O-])c1ccc(Br)cc1-c1cc2c3ccccc3c(-c3cc(Br)ccc3[N+](=O)[O-])cc2c2ccccc12. The Labute approximate surface area is 233 Å². The molecule has 38 heavy (non-hydrogen) atoms. The summed E-state index contributed by atoms with van der Waals surface area (Å²) in [5.41, 5.74) is 2.54. The van der Waals surface area contributed by atoms with Gasteiger partial charge >= 0.3 is 0 Å². The maximum Gasteiger partial charge on any atom is 0.277 e. The van der Waals surface area contributed by atoms with Crippen LogP contribution in [0.4, 0.5) is 11.4 Å². The predicted molar refractivity (Wildman–Crippen MR) is 159 cm³/mol. The second-order valence-corrected chi connectivity index (χ2v) is 10.7. The van der Waals surface area contributed by atoms with Gasteiger partial charge in [0.15, 0.2) is 0 Å². The minimum Gasteiger partial charge on any atom is -0.258 e. The molecule has 6 aromatic rings. The van der Waals surface area contributed by atoms with Crippen molar-refractivity contribution in [2.75, 3.05) is 0 Å². The number of nitrogens with zero attached hydrogens (tertiary/aromatic N) is 2. The zero-order chi connectivity index (χ0) is 26.6. The molecular formula is C30H16Br2N2O4. The first-order valence-electron chi connectivity index (χ1n) is 11.6. The average Bonchev–Trinajstić information content (AvgIpc) is 2.91. The molecule has 0 saturated heterocycles. The first kappa shape index (κ1) is 24.2. The topological polar surface area (TPSA) is 86.3 Å². The van der Waals surface area contributed by atoms with E-state index in [1.54, 1.807) is 24.3 Å². The molecule has 184 valence electrons. The third-order valence-electron chi connectivity index (χ3n) is 6.77. The lowest BCUT2D eigenvalue weighted by molar-refractivity contribution is -0.384. The largest absolute Gasteiger partial charge is 0.277 e. The number of halogens is 2. The van der Waals surface area contributed by atoms with Crippen molar-refractivity contribution in [2.45, 2.75) is 0 Å². The summed E-state index contributed by atoms with van der Waals surface area (Å²) in [6.45, 7) is 0. The van der Waals surface area contributed by atoms with Crippen molar-refractivity contribution < 1.29 is 9.85 Å². The fourth-order valence-corrected chi connectivity index (χ4v) is 5.89. The highest BCUT2D eigenvalue weighted by molar-refractivity contribution is 9.10. The molecule has 0 aromatic heterocycles. The highest BCUT2D eigenvalue weighted by Gasteiger charge is 2.22. The molecule has 0 fully saturated rings. The highest BCUT2D eigenvalue weighted by Crippen LogP contribution is 2.45. The van der Waals surface area contributed by atoms with Crippen molar-refractivity contribution in [3.8, 4) is 22.3 Å². The summed E-state index contributed by atoms with van der Waals surface area (Å²) in [7, 11) is 0. The summed E-state index contributed by atoms with van der Waals surface area (Å²) in [6, 6.07) is 29.4. The minimum atomic E-state index is -0.367. The van der Waals surface area contributed by atoms with Crippen LogP contribution in [0.3, 0.4) is 0 Å². The fraction of sp³-hybridized carbons (Fsp3) is 0. The summed E-state index contributed by atoms with van der Waals surface area (Å²) in [6.07, 6.45) is 0. The lowest BCUT2D eigenvalue weighted by Gasteiger charge is -2.16.